The van der Waals surface area contributed by atoms with Crippen molar-refractivity contribution >= 4 is 33.5 Å². The Morgan fingerprint density at radius 3 is 2.56 bits per heavy atom. The lowest BCUT2D eigenvalue weighted by Gasteiger charge is -2.22. The van der Waals surface area contributed by atoms with Crippen LogP contribution in [0.5, 0.6) is 5.75 Å². The van der Waals surface area contributed by atoms with Crippen LogP contribution in [0.4, 0.5) is 5.82 Å². The number of nitriles is 1. The molecule has 0 aliphatic heterocycles. The molecule has 7 nitrogen and oxygen atoms in total. The Kier molecular flexibility index (Phi) is 7.68. The van der Waals surface area contributed by atoms with Gasteiger partial charge in [0, 0.05) is 25.8 Å². The number of aromatic nitrogens is 2. The second-order valence-corrected chi connectivity index (χ2v) is 8.50. The summed E-state index contributed by atoms with van der Waals surface area (Å²) >= 11 is 1.36. The van der Waals surface area contributed by atoms with Gasteiger partial charge in [0.2, 0.25) is 5.91 Å². The van der Waals surface area contributed by atoms with Crippen LogP contribution in [-0.4, -0.2) is 40.4 Å². The van der Waals surface area contributed by atoms with Crippen molar-refractivity contribution in [3.8, 4) is 22.9 Å². The first-order chi connectivity index (χ1) is 16.7. The van der Waals surface area contributed by atoms with Gasteiger partial charge in [0.25, 0.3) is 0 Å². The van der Waals surface area contributed by atoms with Gasteiger partial charge in [-0.05, 0) is 58.9 Å². The molecular formula is C26H25N5O2S. The number of benzene rings is 2. The monoisotopic (exact) mass is 471 g/mol. The van der Waals surface area contributed by atoms with Crippen LogP contribution in [0.25, 0.3) is 21.3 Å². The van der Waals surface area contributed by atoms with Crippen LogP contribution in [0.3, 0.4) is 0 Å². The van der Waals surface area contributed by atoms with E-state index in [1.54, 1.807) is 18.2 Å². The van der Waals surface area contributed by atoms with Crippen LogP contribution in [0.2, 0.25) is 0 Å². The lowest BCUT2D eigenvalue weighted by molar-refractivity contribution is -0.130. The van der Waals surface area contributed by atoms with Crippen molar-refractivity contribution < 1.29 is 9.53 Å². The van der Waals surface area contributed by atoms with Gasteiger partial charge in [-0.25, -0.2) is 4.98 Å². The fraction of sp³-hybridized carbons (Fsp3) is 0.231. The number of pyridine rings is 1. The number of carbonyl (C=O) groups is 1. The number of fused-ring (bicyclic) bond motifs is 1. The van der Waals surface area contributed by atoms with Gasteiger partial charge in [-0.3, -0.25) is 4.79 Å². The van der Waals surface area contributed by atoms with Gasteiger partial charge in [-0.15, -0.1) is 0 Å². The summed E-state index contributed by atoms with van der Waals surface area (Å²) in [6.07, 6.45) is 2.37. The third-order valence-corrected chi connectivity index (χ3v) is 6.25. The number of methoxy groups -OCH3 is 1. The first-order valence-electron chi connectivity index (χ1n) is 11.0. The number of hydrogen-bond donors (Lipinski definition) is 1. The summed E-state index contributed by atoms with van der Waals surface area (Å²) in [6.45, 7) is 1.68. The highest BCUT2D eigenvalue weighted by Gasteiger charge is 2.14. The van der Waals surface area contributed by atoms with E-state index in [1.165, 1.54) is 11.5 Å². The molecule has 2 heterocycles. The number of nitrogens with zero attached hydrogens (tertiary/aromatic N) is 4. The average Bonchev–Trinajstić information content (AvgIpc) is 3.29. The fourth-order valence-electron chi connectivity index (χ4n) is 3.66. The molecule has 1 amide bonds. The zero-order valence-corrected chi connectivity index (χ0v) is 19.7. The lowest BCUT2D eigenvalue weighted by atomic mass is 10.0. The molecule has 0 aliphatic carbocycles. The maximum absolute atomic E-state index is 12.5. The predicted octanol–water partition coefficient (Wildman–Crippen LogP) is 5.11. The molecule has 0 saturated heterocycles. The largest absolute Gasteiger partial charge is 0.497 e. The summed E-state index contributed by atoms with van der Waals surface area (Å²) < 4.78 is 9.64. The molecule has 34 heavy (non-hydrogen) atoms. The van der Waals surface area contributed by atoms with Crippen LogP contribution in [0, 0.1) is 11.3 Å². The van der Waals surface area contributed by atoms with Crippen LogP contribution in [0.1, 0.15) is 18.4 Å². The number of amides is 1. The summed E-state index contributed by atoms with van der Waals surface area (Å²) in [7, 11) is 1.65. The summed E-state index contributed by atoms with van der Waals surface area (Å²) in [5.41, 5.74) is 3.21. The molecule has 4 aromatic rings. The highest BCUT2D eigenvalue weighted by Crippen LogP contribution is 2.25. The van der Waals surface area contributed by atoms with E-state index in [4.69, 9.17) is 10.00 Å². The number of anilines is 1. The summed E-state index contributed by atoms with van der Waals surface area (Å²) in [4.78, 5) is 19.5. The lowest BCUT2D eigenvalue weighted by Crippen LogP contribution is -2.32. The topological polar surface area (TPSA) is 91.1 Å². The molecule has 2 aromatic heterocycles. The summed E-state index contributed by atoms with van der Waals surface area (Å²) in [6, 6.07) is 21.9. The number of rotatable bonds is 10. The van der Waals surface area contributed by atoms with Crippen molar-refractivity contribution in [2.24, 2.45) is 0 Å². The van der Waals surface area contributed by atoms with E-state index in [9.17, 15) is 4.79 Å². The molecule has 4 rings (SSSR count). The maximum Gasteiger partial charge on any atom is 0.237 e. The molecule has 1 N–H and O–H groups in total. The highest BCUT2D eigenvalue weighted by atomic mass is 32.1. The third kappa shape index (κ3) is 5.69. The van der Waals surface area contributed by atoms with Gasteiger partial charge in [0.05, 0.1) is 18.6 Å². The maximum atomic E-state index is 12.5. The van der Waals surface area contributed by atoms with Gasteiger partial charge in [-0.2, -0.15) is 9.64 Å². The molecule has 0 saturated carbocycles. The predicted molar refractivity (Wildman–Crippen MR) is 135 cm³/mol. The number of carbonyl (C=O) groups excluding carboxylic acids is 1. The van der Waals surface area contributed by atoms with E-state index >= 15 is 0 Å². The third-order valence-electron chi connectivity index (χ3n) is 5.48. The SMILES string of the molecule is COc1ccc(-c2ccc(CN(CCCNc3nsc4ncccc34)C(=O)CC#N)cc2)cc1. The second-order valence-electron chi connectivity index (χ2n) is 7.74. The van der Waals surface area contributed by atoms with Crippen molar-refractivity contribution in [3.63, 3.8) is 0 Å². The Balaban J connectivity index is 1.36. The molecule has 0 atom stereocenters. The molecule has 0 spiro atoms. The zero-order chi connectivity index (χ0) is 23.8. The molecule has 2 aromatic carbocycles. The zero-order valence-electron chi connectivity index (χ0n) is 18.9. The Hall–Kier alpha value is -3.96. The van der Waals surface area contributed by atoms with E-state index in [0.29, 0.717) is 19.6 Å². The quantitative estimate of drug-likeness (QED) is 0.323. The minimum atomic E-state index is -0.162. The van der Waals surface area contributed by atoms with Crippen LogP contribution >= 0.6 is 11.5 Å². The average molecular weight is 472 g/mol. The molecule has 0 aliphatic rings. The minimum Gasteiger partial charge on any atom is -0.497 e. The van der Waals surface area contributed by atoms with Gasteiger partial charge in [-0.1, -0.05) is 36.4 Å². The Labute approximate surface area is 202 Å². The summed E-state index contributed by atoms with van der Waals surface area (Å²) in [5, 5.41) is 13.4. The van der Waals surface area contributed by atoms with Crippen molar-refractivity contribution in [1.29, 1.82) is 5.26 Å². The van der Waals surface area contributed by atoms with Gasteiger partial charge < -0.3 is 15.0 Å². The molecule has 0 fully saturated rings. The number of nitrogens with one attached hydrogen (secondary N) is 1. The standard InChI is InChI=1S/C26H25N5O2S/c1-33-22-11-9-21(10-12-22)20-7-5-19(6-8-20)18-31(24(32)13-14-27)17-3-16-28-25-23-4-2-15-29-26(23)34-30-25/h2,4-12,15H,3,13,16-18H2,1H3,(H,28,30). The fourth-order valence-corrected chi connectivity index (χ4v) is 4.38. The van der Waals surface area contributed by atoms with Crippen molar-refractivity contribution in [2.75, 3.05) is 25.5 Å². The van der Waals surface area contributed by atoms with E-state index in [0.717, 1.165) is 44.9 Å². The van der Waals surface area contributed by atoms with Crippen molar-refractivity contribution in [2.45, 2.75) is 19.4 Å². The molecule has 0 unspecified atom stereocenters. The van der Waals surface area contributed by atoms with Crippen LogP contribution < -0.4 is 10.1 Å². The van der Waals surface area contributed by atoms with Crippen LogP contribution in [-0.2, 0) is 11.3 Å². The molecule has 0 bridgehead atoms. The van der Waals surface area contributed by atoms with E-state index in [2.05, 4.69) is 14.7 Å². The van der Waals surface area contributed by atoms with Gasteiger partial charge >= 0.3 is 0 Å². The smallest absolute Gasteiger partial charge is 0.237 e. The Morgan fingerprint density at radius 1 is 1.12 bits per heavy atom. The summed E-state index contributed by atoms with van der Waals surface area (Å²) in [5.74, 6) is 1.48. The van der Waals surface area contributed by atoms with Gasteiger partial charge in [0.1, 0.15) is 22.8 Å². The highest BCUT2D eigenvalue weighted by molar-refractivity contribution is 7.13. The van der Waals surface area contributed by atoms with Crippen molar-refractivity contribution in [3.05, 3.63) is 72.4 Å². The van der Waals surface area contributed by atoms with E-state index < -0.39 is 0 Å². The molecule has 172 valence electrons. The minimum absolute atomic E-state index is 0.125. The number of ether oxygens (including phenoxy) is 1. The van der Waals surface area contributed by atoms with Crippen molar-refractivity contribution in [1.82, 2.24) is 14.3 Å². The van der Waals surface area contributed by atoms with Crippen LogP contribution in [0.15, 0.2) is 66.9 Å². The molecular weight excluding hydrogens is 446 g/mol. The molecule has 0 radical (unpaired) electrons. The van der Waals surface area contributed by atoms with E-state index in [1.807, 2.05) is 66.7 Å². The molecule has 8 heteroatoms. The normalized spacial score (nSPS) is 10.6. The Bertz CT molecular complexity index is 1280. The number of hydrogen-bond acceptors (Lipinski definition) is 7. The van der Waals surface area contributed by atoms with E-state index in [-0.39, 0.29) is 12.3 Å². The first kappa shape index (κ1) is 23.2. The Morgan fingerprint density at radius 2 is 1.85 bits per heavy atom. The second kappa shape index (κ2) is 11.3. The van der Waals surface area contributed by atoms with Gasteiger partial charge in [0.15, 0.2) is 0 Å². The first-order valence-corrected chi connectivity index (χ1v) is 11.8.